The molecule has 16 aromatic rings. The molecule has 0 radical (unpaired) electrons. The van der Waals surface area contributed by atoms with Crippen molar-refractivity contribution < 1.29 is 0 Å². The highest BCUT2D eigenvalue weighted by molar-refractivity contribution is 7.01. The first-order valence-electron chi connectivity index (χ1n) is 33.7. The number of aromatic nitrogens is 1. The Morgan fingerprint density at radius 2 is 0.667 bits per heavy atom. The molecule has 0 atom stereocenters. The molecule has 2 spiro atoms. The monoisotopic (exact) mass is 1210 g/mol. The molecule has 0 fully saturated rings. The van der Waals surface area contributed by atoms with Gasteiger partial charge >= 0.3 is 0 Å². The molecule has 6 aliphatic rings. The lowest BCUT2D eigenvalue weighted by atomic mass is 9.32. The van der Waals surface area contributed by atoms with E-state index in [9.17, 15) is 0 Å². The van der Waals surface area contributed by atoms with E-state index in [4.69, 9.17) is 0 Å². The molecule has 3 heterocycles. The van der Waals surface area contributed by atoms with Crippen molar-refractivity contribution in [2.75, 3.05) is 9.80 Å². The second kappa shape index (κ2) is 19.2. The van der Waals surface area contributed by atoms with Gasteiger partial charge in [0, 0.05) is 44.8 Å². The summed E-state index contributed by atoms with van der Waals surface area (Å²) in [6.45, 7) is -0.267. The van der Waals surface area contributed by atoms with Crippen LogP contribution in [0.5, 0.6) is 0 Å². The van der Waals surface area contributed by atoms with Crippen molar-refractivity contribution in [1.82, 2.24) is 4.57 Å². The number of hydrogen-bond donors (Lipinski definition) is 0. The van der Waals surface area contributed by atoms with Gasteiger partial charge in [0.2, 0.25) is 0 Å². The van der Waals surface area contributed by atoms with Crippen molar-refractivity contribution in [3.05, 3.63) is 384 Å². The maximum absolute atomic E-state index is 2.76. The van der Waals surface area contributed by atoms with Crippen LogP contribution in [0.1, 0.15) is 44.5 Å². The normalized spacial score (nSPS) is 14.4. The fourth-order valence-electron chi connectivity index (χ4n) is 19.1. The molecule has 96 heavy (non-hydrogen) atoms. The average molecular weight is 1210 g/mol. The molecule has 2 aliphatic heterocycles. The molecule has 0 saturated carbocycles. The third kappa shape index (κ3) is 6.53. The fraction of sp³-hybridized carbons (Fsp3) is 0.0217. The molecule has 3 nitrogen and oxygen atoms in total. The van der Waals surface area contributed by atoms with Gasteiger partial charge in [0.15, 0.2) is 0 Å². The third-order valence-electron chi connectivity index (χ3n) is 22.6. The molecule has 4 aliphatic carbocycles. The minimum Gasteiger partial charge on any atom is -0.311 e. The molecule has 0 saturated heterocycles. The molecule has 0 amide bonds. The van der Waals surface area contributed by atoms with Crippen LogP contribution in [0.25, 0.3) is 94.3 Å². The lowest BCUT2D eigenvalue weighted by Gasteiger charge is -2.47. The smallest absolute Gasteiger partial charge is 0.252 e. The zero-order valence-electron chi connectivity index (χ0n) is 52.3. The first-order chi connectivity index (χ1) is 47.7. The lowest BCUT2D eigenvalue weighted by molar-refractivity contribution is 0.793. The van der Waals surface area contributed by atoms with E-state index in [2.05, 4.69) is 354 Å². The van der Waals surface area contributed by atoms with Crippen LogP contribution < -0.4 is 26.2 Å². The van der Waals surface area contributed by atoms with Crippen LogP contribution in [0.2, 0.25) is 0 Å². The van der Waals surface area contributed by atoms with Crippen LogP contribution in [0, 0.1) is 0 Å². The topological polar surface area (TPSA) is 11.4 Å². The van der Waals surface area contributed by atoms with E-state index in [0.29, 0.717) is 0 Å². The summed E-state index contributed by atoms with van der Waals surface area (Å²) in [5, 5.41) is 2.45. The van der Waals surface area contributed by atoms with E-state index >= 15 is 0 Å². The number of nitrogens with zero attached hydrogens (tertiary/aromatic N) is 3. The van der Waals surface area contributed by atoms with Crippen LogP contribution in [0.15, 0.2) is 340 Å². The number of para-hydroxylation sites is 2. The maximum atomic E-state index is 2.76. The number of fused-ring (bicyclic) bond motifs is 28. The van der Waals surface area contributed by atoms with Gasteiger partial charge in [-0.05, 0) is 177 Å². The van der Waals surface area contributed by atoms with Gasteiger partial charge in [-0.3, -0.25) is 0 Å². The standard InChI is InChI=1S/C92H56BN3/c1-3-24-57(25-4-1)59-46-49-61(50-47-59)94-82-52-48-60(58-26-5-2-6-27-58)54-79(82)93-89-85(94)55-62(95-80-43-21-13-33-68(80)69-34-14-22-44-81(69)95)56-86(89)96(83-45-23-42-78-87(83)71-35-12-20-41-77(71)91(78)72-36-15-7-28-63(72)64-29-8-16-37-73(64)91)84-53-51-70-67-32-11-19-40-76(67)92(88(70)90(84)93)74-38-17-9-30-65(74)66-31-10-18-39-75(66)92/h1-56H. The van der Waals surface area contributed by atoms with Gasteiger partial charge in [-0.15, -0.1) is 0 Å². The Hall–Kier alpha value is -12.2. The quantitative estimate of drug-likeness (QED) is 0.159. The number of hydrogen-bond acceptors (Lipinski definition) is 2. The summed E-state index contributed by atoms with van der Waals surface area (Å²) < 4.78 is 2.54. The van der Waals surface area contributed by atoms with Crippen LogP contribution in [0.4, 0.5) is 34.1 Å². The molecule has 0 N–H and O–H groups in total. The summed E-state index contributed by atoms with van der Waals surface area (Å²) in [5.41, 5.74) is 38.5. The lowest BCUT2D eigenvalue weighted by Crippen LogP contribution is -2.63. The second-order valence-corrected chi connectivity index (χ2v) is 26.8. The predicted octanol–water partition coefficient (Wildman–Crippen LogP) is 20.9. The largest absolute Gasteiger partial charge is 0.311 e. The van der Waals surface area contributed by atoms with Crippen molar-refractivity contribution in [1.29, 1.82) is 0 Å². The van der Waals surface area contributed by atoms with Crippen LogP contribution >= 0.6 is 0 Å². The zero-order chi connectivity index (χ0) is 62.5. The van der Waals surface area contributed by atoms with Gasteiger partial charge in [-0.2, -0.15) is 0 Å². The Labute approximate surface area is 557 Å². The highest BCUT2D eigenvalue weighted by Gasteiger charge is 2.58. The Morgan fingerprint density at radius 1 is 0.240 bits per heavy atom. The van der Waals surface area contributed by atoms with Gasteiger partial charge in [0.25, 0.3) is 6.71 Å². The average Bonchev–Trinajstić information content (AvgIpc) is 1.40. The Balaban J connectivity index is 0.931. The van der Waals surface area contributed by atoms with Crippen molar-refractivity contribution in [2.24, 2.45) is 0 Å². The van der Waals surface area contributed by atoms with Gasteiger partial charge in [0.1, 0.15) is 0 Å². The van der Waals surface area contributed by atoms with Crippen molar-refractivity contribution in [2.45, 2.75) is 10.8 Å². The van der Waals surface area contributed by atoms with Gasteiger partial charge in [-0.1, -0.05) is 285 Å². The first kappa shape index (κ1) is 52.3. The Bertz CT molecular complexity index is 5900. The molecule has 15 aromatic carbocycles. The summed E-state index contributed by atoms with van der Waals surface area (Å²) in [7, 11) is 0. The fourth-order valence-corrected chi connectivity index (χ4v) is 19.1. The van der Waals surface area contributed by atoms with Gasteiger partial charge in [0.05, 0.1) is 33.2 Å². The molecule has 442 valence electrons. The predicted molar refractivity (Wildman–Crippen MR) is 398 cm³/mol. The molecule has 0 bridgehead atoms. The minimum atomic E-state index is -0.676. The first-order valence-corrected chi connectivity index (χ1v) is 33.7. The summed E-state index contributed by atoms with van der Waals surface area (Å²) in [6.07, 6.45) is 0. The summed E-state index contributed by atoms with van der Waals surface area (Å²) in [6, 6.07) is 130. The highest BCUT2D eigenvalue weighted by Crippen LogP contribution is 2.67. The number of benzene rings is 15. The second-order valence-electron chi connectivity index (χ2n) is 26.8. The molecule has 0 unspecified atom stereocenters. The van der Waals surface area contributed by atoms with Crippen LogP contribution in [-0.4, -0.2) is 11.3 Å². The molecule has 1 aromatic heterocycles. The third-order valence-corrected chi connectivity index (χ3v) is 22.6. The van der Waals surface area contributed by atoms with E-state index in [-0.39, 0.29) is 6.71 Å². The van der Waals surface area contributed by atoms with E-state index < -0.39 is 10.8 Å². The van der Waals surface area contributed by atoms with Gasteiger partial charge in [-0.25, -0.2) is 0 Å². The molecule has 22 rings (SSSR count). The Morgan fingerprint density at radius 3 is 1.24 bits per heavy atom. The van der Waals surface area contributed by atoms with Gasteiger partial charge < -0.3 is 14.4 Å². The van der Waals surface area contributed by atoms with E-state index in [1.807, 2.05) is 0 Å². The minimum absolute atomic E-state index is 0.267. The number of anilines is 6. The summed E-state index contributed by atoms with van der Waals surface area (Å²) >= 11 is 0. The SMILES string of the molecule is c1ccc(-c2ccc(N3c4ccc(-c5ccccc5)cc4B4c5c3cc(-n3c6ccccc6c6ccccc63)cc5N(c3cccc5c3-c3ccccc3C53c5ccccc5-c5ccccc53)c3ccc5c(c34)C3(c4ccccc4-c4ccccc43)c3ccccc3-5)cc2)cc1. The van der Waals surface area contributed by atoms with E-state index in [0.717, 1.165) is 34.1 Å². The maximum Gasteiger partial charge on any atom is 0.252 e. The van der Waals surface area contributed by atoms with Crippen molar-refractivity contribution >= 4 is 79.0 Å². The molecular formula is C92H56BN3. The Kier molecular flexibility index (Phi) is 10.5. The summed E-state index contributed by atoms with van der Waals surface area (Å²) in [5.74, 6) is 0. The summed E-state index contributed by atoms with van der Waals surface area (Å²) in [4.78, 5) is 5.38. The molecular weight excluding hydrogens is 1160 g/mol. The highest BCUT2D eigenvalue weighted by atomic mass is 15.2. The number of rotatable bonds is 5. The van der Waals surface area contributed by atoms with Crippen LogP contribution in [0.3, 0.4) is 0 Å². The molecule has 4 heteroatoms. The van der Waals surface area contributed by atoms with Crippen molar-refractivity contribution in [3.8, 4) is 72.4 Å². The van der Waals surface area contributed by atoms with E-state index in [1.165, 1.54) is 155 Å². The van der Waals surface area contributed by atoms with Crippen molar-refractivity contribution in [3.63, 3.8) is 0 Å². The zero-order valence-corrected chi connectivity index (χ0v) is 52.3. The van der Waals surface area contributed by atoms with E-state index in [1.54, 1.807) is 0 Å². The van der Waals surface area contributed by atoms with Crippen LogP contribution in [-0.2, 0) is 10.8 Å².